The molecule has 1 atom stereocenters. The number of furan rings is 1. The summed E-state index contributed by atoms with van der Waals surface area (Å²) >= 11 is 1.32. The second-order valence-corrected chi connectivity index (χ2v) is 9.96. The van der Waals surface area contributed by atoms with E-state index in [1.165, 1.54) is 41.7 Å². The Morgan fingerprint density at radius 1 is 1.26 bits per heavy atom. The summed E-state index contributed by atoms with van der Waals surface area (Å²) in [7, 11) is 0. The van der Waals surface area contributed by atoms with Crippen molar-refractivity contribution in [1.82, 2.24) is 0 Å². The highest BCUT2D eigenvalue weighted by molar-refractivity contribution is 7.17. The van der Waals surface area contributed by atoms with E-state index in [1.54, 1.807) is 6.92 Å². The Labute approximate surface area is 221 Å². The molecule has 3 aromatic rings. The number of carbonyl (C=O) groups is 2. The van der Waals surface area contributed by atoms with Crippen molar-refractivity contribution < 1.29 is 31.9 Å². The number of rotatable bonds is 7. The maximum Gasteiger partial charge on any atom is 0.416 e. The third-order valence-electron chi connectivity index (χ3n) is 6.40. The Balaban J connectivity index is 1.59. The molecule has 0 saturated carbocycles. The van der Waals surface area contributed by atoms with Crippen LogP contribution >= 0.6 is 11.3 Å². The summed E-state index contributed by atoms with van der Waals surface area (Å²) in [6.07, 6.45) is 0.177. The summed E-state index contributed by atoms with van der Waals surface area (Å²) in [6.45, 7) is 4.01. The molecule has 0 saturated heterocycles. The van der Waals surface area contributed by atoms with Crippen LogP contribution in [0.2, 0.25) is 0 Å². The van der Waals surface area contributed by atoms with Crippen LogP contribution in [0.4, 0.5) is 18.2 Å². The first-order valence-corrected chi connectivity index (χ1v) is 13.0. The van der Waals surface area contributed by atoms with Crippen molar-refractivity contribution in [3.05, 3.63) is 69.3 Å². The molecule has 0 spiro atoms. The van der Waals surface area contributed by atoms with Gasteiger partial charge in [-0.3, -0.25) is 4.79 Å². The Morgan fingerprint density at radius 2 is 2.05 bits per heavy atom. The van der Waals surface area contributed by atoms with E-state index in [2.05, 4.69) is 12.2 Å². The van der Waals surface area contributed by atoms with Gasteiger partial charge in [-0.15, -0.1) is 11.3 Å². The number of thiophene rings is 1. The predicted molar refractivity (Wildman–Crippen MR) is 137 cm³/mol. The van der Waals surface area contributed by atoms with Gasteiger partial charge in [0.2, 0.25) is 0 Å². The fourth-order valence-electron chi connectivity index (χ4n) is 4.41. The molecule has 2 aromatic heterocycles. The summed E-state index contributed by atoms with van der Waals surface area (Å²) in [5, 5.41) is 12.7. The van der Waals surface area contributed by atoms with Crippen LogP contribution in [0, 0.1) is 17.2 Å². The van der Waals surface area contributed by atoms with Gasteiger partial charge in [-0.1, -0.05) is 25.5 Å². The normalized spacial score (nSPS) is 15.5. The van der Waals surface area contributed by atoms with Crippen LogP contribution in [0.1, 0.15) is 58.8 Å². The molecule has 0 radical (unpaired) electrons. The third kappa shape index (κ3) is 5.83. The standard InChI is InChI=1S/C28H25F3N2O4S/c1-3-16-8-10-21-23(12-16)38-26(24(21)27(35)36-4-2)33-25(34)18(15-32)14-20-9-11-22(37-20)17-6-5-7-19(13-17)28(29,30)31/h5-7,9,11,13-14,16H,3-4,8,10,12H2,1-2H3,(H,33,34)/b18-14+. The number of amides is 1. The average molecular weight is 543 g/mol. The van der Waals surface area contributed by atoms with Crippen LogP contribution in [-0.4, -0.2) is 18.5 Å². The molecule has 1 aliphatic rings. The highest BCUT2D eigenvalue weighted by atomic mass is 32.1. The molecular weight excluding hydrogens is 517 g/mol. The molecule has 0 aliphatic heterocycles. The van der Waals surface area contributed by atoms with Gasteiger partial charge in [-0.05, 0) is 61.9 Å². The van der Waals surface area contributed by atoms with Crippen LogP contribution in [0.3, 0.4) is 0 Å². The van der Waals surface area contributed by atoms with E-state index in [0.29, 0.717) is 22.9 Å². The van der Waals surface area contributed by atoms with E-state index < -0.39 is 23.6 Å². The van der Waals surface area contributed by atoms with E-state index in [1.807, 2.05) is 6.07 Å². The fourth-order valence-corrected chi connectivity index (χ4v) is 5.75. The molecule has 10 heteroatoms. The second-order valence-electron chi connectivity index (χ2n) is 8.85. The summed E-state index contributed by atoms with van der Waals surface area (Å²) < 4.78 is 50.0. The van der Waals surface area contributed by atoms with Crippen LogP contribution in [0.5, 0.6) is 0 Å². The van der Waals surface area contributed by atoms with Crippen molar-refractivity contribution in [2.24, 2.45) is 5.92 Å². The number of ether oxygens (including phenoxy) is 1. The van der Waals surface area contributed by atoms with Crippen LogP contribution < -0.4 is 5.32 Å². The highest BCUT2D eigenvalue weighted by Gasteiger charge is 2.31. The van der Waals surface area contributed by atoms with Gasteiger partial charge in [0, 0.05) is 16.5 Å². The lowest BCUT2D eigenvalue weighted by molar-refractivity contribution is -0.137. The number of alkyl halides is 3. The minimum Gasteiger partial charge on any atom is -0.462 e. The van der Waals surface area contributed by atoms with E-state index in [0.717, 1.165) is 41.8 Å². The average Bonchev–Trinajstić information content (AvgIpc) is 3.50. The molecule has 0 bridgehead atoms. The molecule has 0 fully saturated rings. The van der Waals surface area contributed by atoms with E-state index in [-0.39, 0.29) is 29.3 Å². The number of halogens is 3. The lowest BCUT2D eigenvalue weighted by atomic mass is 9.85. The minimum absolute atomic E-state index is 0.117. The quantitative estimate of drug-likeness (QED) is 0.193. The van der Waals surface area contributed by atoms with Crippen molar-refractivity contribution >= 4 is 34.3 Å². The maximum absolute atomic E-state index is 13.1. The van der Waals surface area contributed by atoms with Gasteiger partial charge in [0.25, 0.3) is 5.91 Å². The molecule has 1 aromatic carbocycles. The van der Waals surface area contributed by atoms with Crippen LogP contribution in [0.15, 0.2) is 46.4 Å². The zero-order chi connectivity index (χ0) is 27.4. The van der Waals surface area contributed by atoms with Gasteiger partial charge < -0.3 is 14.5 Å². The number of esters is 1. The van der Waals surface area contributed by atoms with Gasteiger partial charge >= 0.3 is 12.1 Å². The number of nitrogens with zero attached hydrogens (tertiary/aromatic N) is 1. The van der Waals surface area contributed by atoms with E-state index in [9.17, 15) is 28.0 Å². The fraction of sp³-hybridized carbons (Fsp3) is 0.321. The van der Waals surface area contributed by atoms with Gasteiger partial charge in [0.1, 0.15) is 28.2 Å². The van der Waals surface area contributed by atoms with Crippen molar-refractivity contribution in [2.45, 2.75) is 45.7 Å². The molecule has 198 valence electrons. The zero-order valence-corrected chi connectivity index (χ0v) is 21.6. The third-order valence-corrected chi connectivity index (χ3v) is 7.57. The van der Waals surface area contributed by atoms with Gasteiger partial charge in [-0.25, -0.2) is 4.79 Å². The summed E-state index contributed by atoms with van der Waals surface area (Å²) in [4.78, 5) is 26.8. The number of anilines is 1. The highest BCUT2D eigenvalue weighted by Crippen LogP contribution is 2.41. The summed E-state index contributed by atoms with van der Waals surface area (Å²) in [6, 6.07) is 9.41. The summed E-state index contributed by atoms with van der Waals surface area (Å²) in [5.41, 5.74) is 0.310. The molecule has 1 N–H and O–H groups in total. The maximum atomic E-state index is 13.1. The Hall–Kier alpha value is -3.84. The first kappa shape index (κ1) is 27.2. The van der Waals surface area contributed by atoms with Gasteiger partial charge in [0.15, 0.2) is 0 Å². The molecular formula is C28H25F3N2O4S. The monoisotopic (exact) mass is 542 g/mol. The smallest absolute Gasteiger partial charge is 0.416 e. The Morgan fingerprint density at radius 3 is 2.74 bits per heavy atom. The Kier molecular flexibility index (Phi) is 8.07. The molecule has 4 rings (SSSR count). The van der Waals surface area contributed by atoms with Crippen LogP contribution in [0.25, 0.3) is 17.4 Å². The van der Waals surface area contributed by atoms with Gasteiger partial charge in [0.05, 0.1) is 17.7 Å². The minimum atomic E-state index is -4.50. The summed E-state index contributed by atoms with van der Waals surface area (Å²) in [5.74, 6) is -0.485. The number of carbonyl (C=O) groups excluding carboxylic acids is 2. The Bertz CT molecular complexity index is 1430. The topological polar surface area (TPSA) is 92.3 Å². The number of hydrogen-bond donors (Lipinski definition) is 1. The second kappa shape index (κ2) is 11.3. The number of hydrogen-bond acceptors (Lipinski definition) is 6. The molecule has 38 heavy (non-hydrogen) atoms. The van der Waals surface area contributed by atoms with Crippen molar-refractivity contribution in [3.63, 3.8) is 0 Å². The number of fused-ring (bicyclic) bond motifs is 1. The zero-order valence-electron chi connectivity index (χ0n) is 20.8. The van der Waals surface area contributed by atoms with Crippen molar-refractivity contribution in [3.8, 4) is 17.4 Å². The lowest BCUT2D eigenvalue weighted by Gasteiger charge is -2.20. The van der Waals surface area contributed by atoms with Crippen LogP contribution in [-0.2, 0) is 28.5 Å². The molecule has 2 heterocycles. The van der Waals surface area contributed by atoms with E-state index >= 15 is 0 Å². The van der Waals surface area contributed by atoms with Crippen molar-refractivity contribution in [1.29, 1.82) is 5.26 Å². The lowest BCUT2D eigenvalue weighted by Crippen LogP contribution is -2.17. The number of nitrogens with one attached hydrogen (secondary N) is 1. The first-order chi connectivity index (χ1) is 18.1. The predicted octanol–water partition coefficient (Wildman–Crippen LogP) is 7.26. The first-order valence-electron chi connectivity index (χ1n) is 12.2. The molecule has 1 aliphatic carbocycles. The largest absolute Gasteiger partial charge is 0.462 e. The van der Waals surface area contributed by atoms with E-state index in [4.69, 9.17) is 9.15 Å². The molecule has 1 unspecified atom stereocenters. The van der Waals surface area contributed by atoms with Crippen molar-refractivity contribution in [2.75, 3.05) is 11.9 Å². The number of benzene rings is 1. The van der Waals surface area contributed by atoms with Gasteiger partial charge in [-0.2, -0.15) is 18.4 Å². The molecule has 6 nitrogen and oxygen atoms in total. The SMILES string of the molecule is CCOC(=O)c1c(NC(=O)/C(C#N)=C/c2ccc(-c3cccc(C(F)(F)F)c3)o2)sc2c1CCC(CC)C2. The number of nitriles is 1. The molecule has 1 amide bonds.